The highest BCUT2D eigenvalue weighted by molar-refractivity contribution is 7.90. The van der Waals surface area contributed by atoms with Gasteiger partial charge in [-0.1, -0.05) is 30.3 Å². The molecule has 2 N–H and O–H groups in total. The molecule has 0 saturated carbocycles. The van der Waals surface area contributed by atoms with Gasteiger partial charge < -0.3 is 10.1 Å². The zero-order valence-electron chi connectivity index (χ0n) is 15.1. The molecule has 0 radical (unpaired) electrons. The molecule has 2 heterocycles. The maximum atomic E-state index is 12.6. The molecule has 8 heteroatoms. The third-order valence-corrected chi connectivity index (χ3v) is 7.08. The molecule has 144 valence electrons. The molecule has 0 aliphatic carbocycles. The molecule has 26 heavy (non-hydrogen) atoms. The van der Waals surface area contributed by atoms with Gasteiger partial charge in [-0.15, -0.1) is 0 Å². The number of carbonyl (C=O) groups excluding carboxylic acids is 1. The molecule has 7 nitrogen and oxygen atoms in total. The number of likely N-dealkylation sites (tertiary alicyclic amines) is 1. The van der Waals surface area contributed by atoms with Gasteiger partial charge >= 0.3 is 5.97 Å². The molecule has 2 unspecified atom stereocenters. The SMILES string of the molecule is COC(=O)C1CC(S(=O)(=O)NC2CCN(Cc3ccccc3)CC2)CN1. The van der Waals surface area contributed by atoms with Crippen LogP contribution in [0, 0.1) is 0 Å². The van der Waals surface area contributed by atoms with Gasteiger partial charge in [0.05, 0.1) is 12.4 Å². The predicted molar refractivity (Wildman–Crippen MR) is 99.0 cm³/mol. The van der Waals surface area contributed by atoms with Crippen molar-refractivity contribution < 1.29 is 17.9 Å². The van der Waals surface area contributed by atoms with Crippen LogP contribution in [0.5, 0.6) is 0 Å². The van der Waals surface area contributed by atoms with E-state index in [1.54, 1.807) is 0 Å². The standard InChI is InChI=1S/C18H27N3O4S/c1-25-18(22)17-11-16(12-19-17)26(23,24)20-15-7-9-21(10-8-15)13-14-5-3-2-4-6-14/h2-6,15-17,19-20H,7-13H2,1H3. The number of piperidine rings is 1. The molecule has 0 aromatic heterocycles. The van der Waals surface area contributed by atoms with Crippen molar-refractivity contribution >= 4 is 16.0 Å². The fraction of sp³-hybridized carbons (Fsp3) is 0.611. The summed E-state index contributed by atoms with van der Waals surface area (Å²) in [5.41, 5.74) is 1.28. The smallest absolute Gasteiger partial charge is 0.322 e. The number of methoxy groups -OCH3 is 1. The molecule has 1 aromatic rings. The molecule has 3 rings (SSSR count). The van der Waals surface area contributed by atoms with E-state index in [0.29, 0.717) is 0 Å². The number of ether oxygens (including phenoxy) is 1. The first-order valence-electron chi connectivity index (χ1n) is 9.06. The molecular formula is C18H27N3O4S. The first-order chi connectivity index (χ1) is 12.5. The Kier molecular flexibility index (Phi) is 6.29. The number of hydrogen-bond acceptors (Lipinski definition) is 6. The van der Waals surface area contributed by atoms with E-state index in [1.807, 2.05) is 18.2 Å². The topological polar surface area (TPSA) is 87.7 Å². The number of esters is 1. The van der Waals surface area contributed by atoms with Crippen LogP contribution in [-0.2, 0) is 26.1 Å². The highest BCUT2D eigenvalue weighted by atomic mass is 32.2. The van der Waals surface area contributed by atoms with Crippen LogP contribution in [0.1, 0.15) is 24.8 Å². The highest BCUT2D eigenvalue weighted by Gasteiger charge is 2.38. The zero-order valence-corrected chi connectivity index (χ0v) is 15.9. The van der Waals surface area contributed by atoms with E-state index in [4.69, 9.17) is 0 Å². The summed E-state index contributed by atoms with van der Waals surface area (Å²) in [6.07, 6.45) is 1.86. The fourth-order valence-corrected chi connectivity index (χ4v) is 5.29. The molecule has 2 aliphatic rings. The Labute approximate surface area is 155 Å². The van der Waals surface area contributed by atoms with E-state index in [9.17, 15) is 13.2 Å². The van der Waals surface area contributed by atoms with Crippen molar-refractivity contribution in [3.8, 4) is 0 Å². The van der Waals surface area contributed by atoms with E-state index in [2.05, 4.69) is 31.8 Å². The van der Waals surface area contributed by atoms with Crippen LogP contribution in [0.15, 0.2) is 30.3 Å². The van der Waals surface area contributed by atoms with E-state index in [-0.39, 0.29) is 19.0 Å². The summed E-state index contributed by atoms with van der Waals surface area (Å²) in [5, 5.41) is 2.34. The molecule has 2 fully saturated rings. The van der Waals surface area contributed by atoms with E-state index in [0.717, 1.165) is 32.5 Å². The minimum Gasteiger partial charge on any atom is -0.468 e. The van der Waals surface area contributed by atoms with Gasteiger partial charge in [-0.05, 0) is 24.8 Å². The van der Waals surface area contributed by atoms with Crippen molar-refractivity contribution in [2.75, 3.05) is 26.7 Å². The summed E-state index contributed by atoms with van der Waals surface area (Å²) in [5.74, 6) is -0.406. The van der Waals surface area contributed by atoms with Crippen molar-refractivity contribution in [2.24, 2.45) is 0 Å². The Morgan fingerprint density at radius 1 is 1.27 bits per heavy atom. The minimum absolute atomic E-state index is 0.0378. The van der Waals surface area contributed by atoms with E-state index < -0.39 is 27.3 Å². The van der Waals surface area contributed by atoms with Gasteiger partial charge in [0.1, 0.15) is 6.04 Å². The number of rotatable bonds is 6. The lowest BCUT2D eigenvalue weighted by Crippen LogP contribution is -2.47. The molecule has 2 aliphatic heterocycles. The van der Waals surface area contributed by atoms with Gasteiger partial charge in [0.25, 0.3) is 0 Å². The third-order valence-electron chi connectivity index (χ3n) is 5.18. The highest BCUT2D eigenvalue weighted by Crippen LogP contribution is 2.19. The van der Waals surface area contributed by atoms with Gasteiger partial charge in [0.2, 0.25) is 10.0 Å². The Balaban J connectivity index is 1.47. The summed E-state index contributed by atoms with van der Waals surface area (Å²) in [7, 11) is -2.14. The lowest BCUT2D eigenvalue weighted by atomic mass is 10.1. The molecule has 0 spiro atoms. The zero-order chi connectivity index (χ0) is 18.6. The second kappa shape index (κ2) is 8.47. The van der Waals surface area contributed by atoms with Crippen LogP contribution in [0.4, 0.5) is 0 Å². The van der Waals surface area contributed by atoms with Crippen molar-refractivity contribution in [1.82, 2.24) is 14.9 Å². The Hall–Kier alpha value is -1.48. The fourth-order valence-electron chi connectivity index (χ4n) is 3.64. The van der Waals surface area contributed by atoms with Crippen molar-refractivity contribution in [3.63, 3.8) is 0 Å². The number of carbonyl (C=O) groups is 1. The molecular weight excluding hydrogens is 354 g/mol. The number of hydrogen-bond donors (Lipinski definition) is 2. The number of sulfonamides is 1. The maximum Gasteiger partial charge on any atom is 0.322 e. The Morgan fingerprint density at radius 2 is 1.96 bits per heavy atom. The number of nitrogens with one attached hydrogen (secondary N) is 2. The monoisotopic (exact) mass is 381 g/mol. The minimum atomic E-state index is -3.45. The summed E-state index contributed by atoms with van der Waals surface area (Å²) >= 11 is 0. The third kappa shape index (κ3) is 4.82. The van der Waals surface area contributed by atoms with Crippen molar-refractivity contribution in [3.05, 3.63) is 35.9 Å². The van der Waals surface area contributed by atoms with Crippen molar-refractivity contribution in [2.45, 2.75) is 43.1 Å². The number of nitrogens with zero attached hydrogens (tertiary/aromatic N) is 1. The van der Waals surface area contributed by atoms with Gasteiger partial charge in [-0.25, -0.2) is 13.1 Å². The van der Waals surface area contributed by atoms with Crippen LogP contribution >= 0.6 is 0 Å². The lowest BCUT2D eigenvalue weighted by molar-refractivity contribution is -0.142. The summed E-state index contributed by atoms with van der Waals surface area (Å²) in [6, 6.07) is 9.73. The molecule has 0 bridgehead atoms. The first-order valence-corrected chi connectivity index (χ1v) is 10.6. The predicted octanol–water partition coefficient (Wildman–Crippen LogP) is 0.474. The summed E-state index contributed by atoms with van der Waals surface area (Å²) in [4.78, 5) is 13.9. The normalized spacial score (nSPS) is 25.3. The lowest BCUT2D eigenvalue weighted by Gasteiger charge is -2.32. The average molecular weight is 381 g/mol. The first kappa shape index (κ1) is 19.3. The van der Waals surface area contributed by atoms with E-state index >= 15 is 0 Å². The van der Waals surface area contributed by atoms with Crippen LogP contribution in [0.25, 0.3) is 0 Å². The summed E-state index contributed by atoms with van der Waals surface area (Å²) in [6.45, 7) is 2.92. The quantitative estimate of drug-likeness (QED) is 0.697. The largest absolute Gasteiger partial charge is 0.468 e. The molecule has 1 aromatic carbocycles. The average Bonchev–Trinajstić information content (AvgIpc) is 3.15. The second-order valence-corrected chi connectivity index (χ2v) is 9.03. The molecule has 2 atom stereocenters. The van der Waals surface area contributed by atoms with Crippen LogP contribution in [-0.4, -0.2) is 63.4 Å². The number of benzene rings is 1. The van der Waals surface area contributed by atoms with Gasteiger partial charge in [0.15, 0.2) is 0 Å². The maximum absolute atomic E-state index is 12.6. The van der Waals surface area contributed by atoms with Crippen LogP contribution in [0.3, 0.4) is 0 Å². The van der Waals surface area contributed by atoms with Crippen LogP contribution < -0.4 is 10.0 Å². The molecule has 2 saturated heterocycles. The van der Waals surface area contributed by atoms with Crippen molar-refractivity contribution in [1.29, 1.82) is 0 Å². The van der Waals surface area contributed by atoms with Gasteiger partial charge in [0, 0.05) is 32.2 Å². The summed E-state index contributed by atoms with van der Waals surface area (Å²) < 4.78 is 32.8. The van der Waals surface area contributed by atoms with E-state index in [1.165, 1.54) is 12.7 Å². The molecule has 0 amide bonds. The van der Waals surface area contributed by atoms with Crippen LogP contribution in [0.2, 0.25) is 0 Å². The Bertz CT molecular complexity index is 702. The van der Waals surface area contributed by atoms with Gasteiger partial charge in [-0.3, -0.25) is 9.69 Å². The Morgan fingerprint density at radius 3 is 2.62 bits per heavy atom. The van der Waals surface area contributed by atoms with Gasteiger partial charge in [-0.2, -0.15) is 0 Å². The second-order valence-electron chi connectivity index (χ2n) is 7.04.